The summed E-state index contributed by atoms with van der Waals surface area (Å²) in [6, 6.07) is 7.61. The summed E-state index contributed by atoms with van der Waals surface area (Å²) in [6.45, 7) is 1.46. The van der Waals surface area contributed by atoms with Crippen molar-refractivity contribution in [3.05, 3.63) is 53.6 Å². The molecule has 2 rings (SSSR count). The first-order chi connectivity index (χ1) is 12.0. The van der Waals surface area contributed by atoms with Crippen molar-refractivity contribution in [3.8, 4) is 5.75 Å². The molecule has 9 heteroatoms. The number of rotatable bonds is 5. The van der Waals surface area contributed by atoms with Gasteiger partial charge in [0, 0.05) is 0 Å². The molecule has 5 nitrogen and oxygen atoms in total. The highest BCUT2D eigenvalue weighted by molar-refractivity contribution is 7.91. The van der Waals surface area contributed by atoms with E-state index in [0.29, 0.717) is 5.56 Å². The standard InChI is InChI=1S/C17H16F3NO4S/c1-2-26(24,25)13-7-8-15(22)14(10-13)21-16(23)9-11-3-5-12(6-4-11)17(18,19)20/h3-8,10,22H,2,9H2,1H3,(H,21,23). The monoisotopic (exact) mass is 387 g/mol. The van der Waals surface area contributed by atoms with Crippen molar-refractivity contribution in [2.45, 2.75) is 24.4 Å². The Labute approximate surface area is 148 Å². The predicted molar refractivity (Wildman–Crippen MR) is 89.6 cm³/mol. The minimum absolute atomic E-state index is 0.0531. The molecule has 2 aromatic rings. The lowest BCUT2D eigenvalue weighted by atomic mass is 10.1. The van der Waals surface area contributed by atoms with Crippen LogP contribution in [-0.2, 0) is 27.2 Å². The number of aromatic hydroxyl groups is 1. The van der Waals surface area contributed by atoms with Crippen LogP contribution in [0.5, 0.6) is 5.75 Å². The lowest BCUT2D eigenvalue weighted by Crippen LogP contribution is -2.15. The van der Waals surface area contributed by atoms with Crippen LogP contribution in [0.15, 0.2) is 47.4 Å². The third-order valence-electron chi connectivity index (χ3n) is 3.63. The van der Waals surface area contributed by atoms with Gasteiger partial charge in [0.15, 0.2) is 9.84 Å². The van der Waals surface area contributed by atoms with E-state index in [4.69, 9.17) is 0 Å². The van der Waals surface area contributed by atoms with E-state index in [1.54, 1.807) is 0 Å². The molecule has 0 radical (unpaired) electrons. The number of halogens is 3. The second kappa shape index (κ2) is 7.36. The number of amides is 1. The number of benzene rings is 2. The molecule has 0 heterocycles. The predicted octanol–water partition coefficient (Wildman–Crippen LogP) is 3.39. The molecule has 0 aliphatic rings. The molecule has 0 unspecified atom stereocenters. The summed E-state index contributed by atoms with van der Waals surface area (Å²) in [5.74, 6) is -1.07. The molecule has 0 aliphatic carbocycles. The number of alkyl halides is 3. The van der Waals surface area contributed by atoms with Crippen LogP contribution in [0.2, 0.25) is 0 Å². The Hall–Kier alpha value is -2.55. The molecule has 0 saturated heterocycles. The van der Waals surface area contributed by atoms with E-state index in [1.165, 1.54) is 25.1 Å². The maximum absolute atomic E-state index is 12.5. The van der Waals surface area contributed by atoms with Gasteiger partial charge in [-0.2, -0.15) is 13.2 Å². The van der Waals surface area contributed by atoms with Gasteiger partial charge >= 0.3 is 6.18 Å². The summed E-state index contributed by atoms with van der Waals surface area (Å²) in [5.41, 5.74) is -0.569. The van der Waals surface area contributed by atoms with Gasteiger partial charge in [0.25, 0.3) is 0 Å². The maximum Gasteiger partial charge on any atom is 0.416 e. The van der Waals surface area contributed by atoms with Crippen LogP contribution < -0.4 is 5.32 Å². The average molecular weight is 387 g/mol. The zero-order valence-corrected chi connectivity index (χ0v) is 14.5. The molecule has 0 fully saturated rings. The molecule has 1 amide bonds. The van der Waals surface area contributed by atoms with Crippen LogP contribution in [0.4, 0.5) is 18.9 Å². The average Bonchev–Trinajstić information content (AvgIpc) is 2.56. The first kappa shape index (κ1) is 19.8. The molecular formula is C17H16F3NO4S. The molecule has 26 heavy (non-hydrogen) atoms. The molecule has 140 valence electrons. The van der Waals surface area contributed by atoms with Crippen molar-refractivity contribution in [3.63, 3.8) is 0 Å². The normalized spacial score (nSPS) is 12.0. The molecule has 0 atom stereocenters. The molecule has 2 N–H and O–H groups in total. The molecule has 2 aromatic carbocycles. The van der Waals surface area contributed by atoms with Gasteiger partial charge in [-0.15, -0.1) is 0 Å². The van der Waals surface area contributed by atoms with Gasteiger partial charge in [-0.1, -0.05) is 19.1 Å². The second-order valence-electron chi connectivity index (χ2n) is 5.50. The summed E-state index contributed by atoms with van der Waals surface area (Å²) in [4.78, 5) is 12.0. The molecule has 0 aliphatic heterocycles. The minimum atomic E-state index is -4.46. The fourth-order valence-electron chi connectivity index (χ4n) is 2.17. The Morgan fingerprint density at radius 3 is 2.27 bits per heavy atom. The molecular weight excluding hydrogens is 371 g/mol. The topological polar surface area (TPSA) is 83.5 Å². The summed E-state index contributed by atoms with van der Waals surface area (Å²) in [5, 5.41) is 12.1. The van der Waals surface area contributed by atoms with E-state index in [0.717, 1.165) is 24.3 Å². The molecule has 0 spiro atoms. The van der Waals surface area contributed by atoms with Crippen molar-refractivity contribution < 1.29 is 31.5 Å². The molecule has 0 bridgehead atoms. The number of sulfone groups is 1. The van der Waals surface area contributed by atoms with Crippen molar-refractivity contribution in [1.82, 2.24) is 0 Å². The number of hydrogen-bond donors (Lipinski definition) is 2. The zero-order valence-electron chi connectivity index (χ0n) is 13.7. The van der Waals surface area contributed by atoms with Crippen LogP contribution >= 0.6 is 0 Å². The number of phenolic OH excluding ortho intramolecular Hbond substituents is 1. The molecule has 0 aromatic heterocycles. The number of phenols is 1. The van der Waals surface area contributed by atoms with Crippen molar-refractivity contribution in [1.29, 1.82) is 0 Å². The van der Waals surface area contributed by atoms with Gasteiger partial charge in [0.1, 0.15) is 5.75 Å². The second-order valence-corrected chi connectivity index (χ2v) is 7.78. The van der Waals surface area contributed by atoms with E-state index in [2.05, 4.69) is 5.32 Å². The first-order valence-electron chi connectivity index (χ1n) is 7.54. The van der Waals surface area contributed by atoms with Gasteiger partial charge in [0.05, 0.1) is 28.3 Å². The van der Waals surface area contributed by atoms with E-state index < -0.39 is 27.5 Å². The Bertz CT molecular complexity index is 907. The van der Waals surface area contributed by atoms with E-state index in [9.17, 15) is 31.5 Å². The highest BCUT2D eigenvalue weighted by Gasteiger charge is 2.30. The highest BCUT2D eigenvalue weighted by Crippen LogP contribution is 2.29. The highest BCUT2D eigenvalue weighted by atomic mass is 32.2. The summed E-state index contributed by atoms with van der Waals surface area (Å²) in [6.07, 6.45) is -4.69. The quantitative estimate of drug-likeness (QED) is 0.771. The Morgan fingerprint density at radius 1 is 1.12 bits per heavy atom. The maximum atomic E-state index is 12.5. The Balaban J connectivity index is 2.14. The lowest BCUT2D eigenvalue weighted by molar-refractivity contribution is -0.137. The van der Waals surface area contributed by atoms with E-state index in [-0.39, 0.29) is 28.5 Å². The fraction of sp³-hybridized carbons (Fsp3) is 0.235. The van der Waals surface area contributed by atoms with Gasteiger partial charge in [0.2, 0.25) is 5.91 Å². The van der Waals surface area contributed by atoms with Crippen molar-refractivity contribution in [2.75, 3.05) is 11.1 Å². The number of carbonyl (C=O) groups excluding carboxylic acids is 1. The smallest absolute Gasteiger partial charge is 0.416 e. The minimum Gasteiger partial charge on any atom is -0.506 e. The first-order valence-corrected chi connectivity index (χ1v) is 9.20. The third-order valence-corrected chi connectivity index (χ3v) is 5.36. The van der Waals surface area contributed by atoms with E-state index in [1.807, 2.05) is 0 Å². The van der Waals surface area contributed by atoms with Crippen LogP contribution in [0.1, 0.15) is 18.1 Å². The summed E-state index contributed by atoms with van der Waals surface area (Å²) < 4.78 is 61.3. The van der Waals surface area contributed by atoms with E-state index >= 15 is 0 Å². The molecule has 0 saturated carbocycles. The van der Waals surface area contributed by atoms with Crippen LogP contribution in [-0.4, -0.2) is 25.2 Å². The Kier molecular flexibility index (Phi) is 5.60. The van der Waals surface area contributed by atoms with Gasteiger partial charge < -0.3 is 10.4 Å². The number of nitrogens with one attached hydrogen (secondary N) is 1. The summed E-state index contributed by atoms with van der Waals surface area (Å²) in [7, 11) is -3.52. The van der Waals surface area contributed by atoms with Gasteiger partial charge in [-0.05, 0) is 35.9 Å². The summed E-state index contributed by atoms with van der Waals surface area (Å²) >= 11 is 0. The van der Waals surface area contributed by atoms with Crippen LogP contribution in [0, 0.1) is 0 Å². The van der Waals surface area contributed by atoms with Gasteiger partial charge in [-0.25, -0.2) is 8.42 Å². The number of carbonyl (C=O) groups is 1. The third kappa shape index (κ3) is 4.75. The number of hydrogen-bond acceptors (Lipinski definition) is 4. The van der Waals surface area contributed by atoms with Gasteiger partial charge in [-0.3, -0.25) is 4.79 Å². The van der Waals surface area contributed by atoms with Crippen LogP contribution in [0.3, 0.4) is 0 Å². The van der Waals surface area contributed by atoms with Crippen molar-refractivity contribution in [2.24, 2.45) is 0 Å². The van der Waals surface area contributed by atoms with Crippen LogP contribution in [0.25, 0.3) is 0 Å². The Morgan fingerprint density at radius 2 is 1.73 bits per heavy atom. The fourth-order valence-corrected chi connectivity index (χ4v) is 3.07. The van der Waals surface area contributed by atoms with Crippen molar-refractivity contribution >= 4 is 21.4 Å². The lowest BCUT2D eigenvalue weighted by Gasteiger charge is -2.10. The zero-order chi connectivity index (χ0) is 19.5. The number of anilines is 1. The largest absolute Gasteiger partial charge is 0.506 e. The SMILES string of the molecule is CCS(=O)(=O)c1ccc(O)c(NC(=O)Cc2ccc(C(F)(F)F)cc2)c1.